The second kappa shape index (κ2) is 9.37. The van der Waals surface area contributed by atoms with Crippen molar-refractivity contribution >= 4 is 23.5 Å². The smallest absolute Gasteiger partial charge is 0.334 e. The predicted molar refractivity (Wildman–Crippen MR) is 163 cm³/mol. The van der Waals surface area contributed by atoms with Crippen LogP contribution in [-0.2, 0) is 28.7 Å². The van der Waals surface area contributed by atoms with Crippen LogP contribution >= 0.6 is 0 Å². The monoisotopic (exact) mass is 602 g/mol. The van der Waals surface area contributed by atoms with E-state index in [1.54, 1.807) is 6.08 Å². The number of hydrogen-bond acceptors (Lipinski definition) is 7. The number of allylic oxidation sites excluding steroid dienone is 3. The quantitative estimate of drug-likeness (QED) is 0.253. The number of aliphatic hydroxyl groups is 1. The van der Waals surface area contributed by atoms with E-state index in [-0.39, 0.29) is 59.0 Å². The third-order valence-corrected chi connectivity index (χ3v) is 13.3. The first-order valence-electron chi connectivity index (χ1n) is 16.5. The minimum atomic E-state index is -1.18. The molecule has 0 amide bonds. The molecule has 6 aliphatic carbocycles. The Morgan fingerprint density at radius 2 is 1.84 bits per heavy atom. The molecule has 2 bridgehead atoms. The number of esters is 2. The third kappa shape index (κ3) is 3.65. The number of ether oxygens (including phenoxy) is 2. The first kappa shape index (κ1) is 29.9. The Morgan fingerprint density at radius 3 is 2.55 bits per heavy atom. The van der Waals surface area contributed by atoms with Crippen molar-refractivity contribution in [3.05, 3.63) is 47.1 Å². The molecule has 11 atom stereocenters. The maximum absolute atomic E-state index is 14.7. The van der Waals surface area contributed by atoms with Crippen LogP contribution < -0.4 is 0 Å². The number of carbonyl (C=O) groups excluding carboxylic acids is 4. The van der Waals surface area contributed by atoms with Crippen LogP contribution in [0.4, 0.5) is 0 Å². The lowest BCUT2D eigenvalue weighted by Gasteiger charge is -2.66. The van der Waals surface area contributed by atoms with Gasteiger partial charge < -0.3 is 14.6 Å². The molecule has 7 unspecified atom stereocenters. The largest absolute Gasteiger partial charge is 0.461 e. The van der Waals surface area contributed by atoms with Gasteiger partial charge in [0.15, 0.2) is 5.78 Å². The third-order valence-electron chi connectivity index (χ3n) is 13.3. The minimum Gasteiger partial charge on any atom is -0.461 e. The van der Waals surface area contributed by atoms with Gasteiger partial charge in [-0.1, -0.05) is 50.6 Å². The molecule has 0 aromatic heterocycles. The lowest BCUT2D eigenvalue weighted by Crippen LogP contribution is -2.67. The molecular weight excluding hydrogens is 556 g/mol. The van der Waals surface area contributed by atoms with Gasteiger partial charge in [0.05, 0.1) is 11.0 Å². The summed E-state index contributed by atoms with van der Waals surface area (Å²) in [7, 11) is 0. The van der Waals surface area contributed by atoms with Crippen LogP contribution in [0, 0.1) is 51.8 Å². The number of fused-ring (bicyclic) bond motifs is 4. The van der Waals surface area contributed by atoms with E-state index in [0.29, 0.717) is 50.5 Å². The number of ketones is 2. The summed E-state index contributed by atoms with van der Waals surface area (Å²) in [6.45, 7) is 16.1. The second-order valence-corrected chi connectivity index (χ2v) is 16.2. The number of carbonyl (C=O) groups is 4. The Kier molecular flexibility index (Phi) is 6.36. The molecule has 8 aliphatic rings. The van der Waals surface area contributed by atoms with Crippen molar-refractivity contribution in [3.8, 4) is 0 Å². The number of Topliss-reactive ketones (excluding diaryl/α,β-unsaturated/α-hetero) is 1. The molecule has 0 aromatic carbocycles. The Morgan fingerprint density at radius 1 is 1.11 bits per heavy atom. The van der Waals surface area contributed by atoms with E-state index in [2.05, 4.69) is 25.7 Å². The van der Waals surface area contributed by atoms with Crippen LogP contribution in [0.1, 0.15) is 86.5 Å². The van der Waals surface area contributed by atoms with E-state index < -0.39 is 34.1 Å². The van der Waals surface area contributed by atoms with Gasteiger partial charge in [0.25, 0.3) is 0 Å². The van der Waals surface area contributed by atoms with Crippen LogP contribution in [0.25, 0.3) is 0 Å². The summed E-state index contributed by atoms with van der Waals surface area (Å²) in [5.41, 5.74) is -0.631. The molecule has 2 aliphatic heterocycles. The molecule has 0 radical (unpaired) electrons. The van der Waals surface area contributed by atoms with Gasteiger partial charge in [0.1, 0.15) is 18.0 Å². The molecule has 7 nitrogen and oxygen atoms in total. The van der Waals surface area contributed by atoms with Gasteiger partial charge in [-0.3, -0.25) is 14.4 Å². The zero-order valence-corrected chi connectivity index (χ0v) is 26.9. The van der Waals surface area contributed by atoms with Crippen LogP contribution in [0.2, 0.25) is 0 Å². The first-order valence-corrected chi connectivity index (χ1v) is 16.5. The minimum absolute atomic E-state index is 0.0224. The highest BCUT2D eigenvalue weighted by Crippen LogP contribution is 2.76. The van der Waals surface area contributed by atoms with Gasteiger partial charge in [-0.15, -0.1) is 0 Å². The Hall–Kier alpha value is -2.80. The van der Waals surface area contributed by atoms with Gasteiger partial charge >= 0.3 is 11.9 Å². The van der Waals surface area contributed by atoms with Crippen LogP contribution in [0.15, 0.2) is 47.1 Å². The van der Waals surface area contributed by atoms with Gasteiger partial charge in [0.2, 0.25) is 0 Å². The van der Waals surface area contributed by atoms with Gasteiger partial charge in [-0.05, 0) is 70.8 Å². The summed E-state index contributed by atoms with van der Waals surface area (Å²) in [6, 6.07) is 0. The van der Waals surface area contributed by atoms with Gasteiger partial charge in [0, 0.05) is 58.5 Å². The Bertz CT molecular complexity index is 1490. The zero-order chi connectivity index (χ0) is 31.7. The summed E-state index contributed by atoms with van der Waals surface area (Å²) < 4.78 is 12.6. The molecule has 7 heteroatoms. The highest BCUT2D eigenvalue weighted by molar-refractivity contribution is 6.09. The summed E-state index contributed by atoms with van der Waals surface area (Å²) in [5.74, 6) is -1.51. The lowest BCUT2D eigenvalue weighted by atomic mass is 9.36. The predicted octanol–water partition coefficient (Wildman–Crippen LogP) is 5.62. The molecule has 2 spiro atoms. The fraction of sp³-hybridized carbons (Fsp3) is 0.676. The second-order valence-electron chi connectivity index (χ2n) is 16.2. The number of rotatable bonds is 4. The normalized spacial score (nSPS) is 47.2. The summed E-state index contributed by atoms with van der Waals surface area (Å²) >= 11 is 0. The zero-order valence-electron chi connectivity index (χ0n) is 26.9. The van der Waals surface area contributed by atoms with Crippen LogP contribution in [0.3, 0.4) is 0 Å². The molecule has 236 valence electrons. The molecule has 4 fully saturated rings. The number of hydrogen-bond donors (Lipinski definition) is 1. The highest BCUT2D eigenvalue weighted by atomic mass is 16.6. The Labute approximate surface area is 260 Å². The SMILES string of the molecule is C=C1C(=O)OC2[C@H]3C[C@@]4(C)C=CC3(CC43C(=O)OC4C5C(C)=CC(=O)C5=C(C)CC(CC(=O)CC(C)C)C43)[C@](C)(O)CC[C@@H]12. The van der Waals surface area contributed by atoms with Gasteiger partial charge in [-0.25, -0.2) is 4.79 Å². The lowest BCUT2D eigenvalue weighted by molar-refractivity contribution is -0.204. The first-order chi connectivity index (χ1) is 20.6. The topological polar surface area (TPSA) is 107 Å². The molecule has 8 rings (SSSR count). The van der Waals surface area contributed by atoms with E-state index in [4.69, 9.17) is 9.47 Å². The highest BCUT2D eigenvalue weighted by Gasteiger charge is 2.78. The van der Waals surface area contributed by atoms with Crippen molar-refractivity contribution < 1.29 is 33.8 Å². The standard InChI is InChI=1S/C37H46O7/c1-18(2)12-23(38)15-22-13-19(3)27-26(39)14-20(4)28(27)31-29(22)37(33(41)44-31)17-36-11-10-34(37,6)16-25(36)30-24(8-9-35(36,7)42)21(5)32(40)43-30/h10-11,14,18,22,24-25,28-31,42H,5,8-9,12-13,15-17H2,1-4,6-7H3/t22?,24-,25+,28?,29?,30?,31?,34+,35+,36?,37?/m0/s1. The fourth-order valence-corrected chi connectivity index (χ4v) is 11.3. The molecule has 2 saturated carbocycles. The maximum Gasteiger partial charge on any atom is 0.334 e. The molecule has 2 heterocycles. The van der Waals surface area contributed by atoms with E-state index in [1.165, 1.54) is 0 Å². The van der Waals surface area contributed by atoms with Crippen molar-refractivity contribution in [1.29, 1.82) is 0 Å². The van der Waals surface area contributed by atoms with Crippen molar-refractivity contribution in [3.63, 3.8) is 0 Å². The Balaban J connectivity index is 1.40. The molecule has 44 heavy (non-hydrogen) atoms. The van der Waals surface area contributed by atoms with Crippen LogP contribution in [-0.4, -0.2) is 46.4 Å². The van der Waals surface area contributed by atoms with E-state index >= 15 is 0 Å². The van der Waals surface area contributed by atoms with Crippen molar-refractivity contribution in [2.24, 2.45) is 51.8 Å². The van der Waals surface area contributed by atoms with E-state index in [0.717, 1.165) is 16.7 Å². The van der Waals surface area contributed by atoms with Crippen molar-refractivity contribution in [1.82, 2.24) is 0 Å². The molecular formula is C37H46O7. The summed E-state index contributed by atoms with van der Waals surface area (Å²) in [5, 5.41) is 12.4. The molecule has 1 N–H and O–H groups in total. The summed E-state index contributed by atoms with van der Waals surface area (Å²) in [4.78, 5) is 54.4. The fourth-order valence-electron chi connectivity index (χ4n) is 11.3. The van der Waals surface area contributed by atoms with Crippen molar-refractivity contribution in [2.75, 3.05) is 0 Å². The molecule has 0 aromatic rings. The average molecular weight is 603 g/mol. The van der Waals surface area contributed by atoms with Gasteiger partial charge in [-0.2, -0.15) is 0 Å². The summed E-state index contributed by atoms with van der Waals surface area (Å²) in [6.07, 6.45) is 8.23. The van der Waals surface area contributed by atoms with Crippen LogP contribution in [0.5, 0.6) is 0 Å². The average Bonchev–Trinajstić information content (AvgIpc) is 3.44. The maximum atomic E-state index is 14.7. The molecule has 2 saturated heterocycles. The van der Waals surface area contributed by atoms with Crippen molar-refractivity contribution in [2.45, 2.75) is 104 Å². The van der Waals surface area contributed by atoms with E-state index in [1.807, 2.05) is 34.6 Å². The van der Waals surface area contributed by atoms with E-state index in [9.17, 15) is 24.3 Å².